The number of hydrogen-bond acceptors (Lipinski definition) is 2. The molecule has 2 aromatic carbocycles. The van der Waals surface area contributed by atoms with Crippen molar-refractivity contribution in [2.75, 3.05) is 0 Å². The fraction of sp³-hybridized carbons (Fsp3) is 0.333. The van der Waals surface area contributed by atoms with Crippen molar-refractivity contribution in [1.29, 1.82) is 0 Å². The molecule has 0 saturated heterocycles. The molecule has 0 saturated carbocycles. The molecule has 21 heavy (non-hydrogen) atoms. The maximum Gasteiger partial charge on any atom is 0.103 e. The lowest BCUT2D eigenvalue weighted by molar-refractivity contribution is 0.140. The van der Waals surface area contributed by atoms with Gasteiger partial charge in [0.2, 0.25) is 0 Å². The molecule has 0 aromatic heterocycles. The molecule has 0 heterocycles. The Bertz CT molecular complexity index is 612. The van der Waals surface area contributed by atoms with Crippen molar-refractivity contribution in [2.45, 2.75) is 38.3 Å². The van der Waals surface area contributed by atoms with E-state index in [9.17, 15) is 5.11 Å². The number of hydrogen-bond donors (Lipinski definition) is 2. The lowest BCUT2D eigenvalue weighted by Gasteiger charge is -2.32. The third-order valence-corrected chi connectivity index (χ3v) is 4.26. The lowest BCUT2D eigenvalue weighted by atomic mass is 9.74. The molecule has 3 N–H and O–H groups in total. The van der Waals surface area contributed by atoms with Crippen molar-refractivity contribution in [2.24, 2.45) is 5.73 Å². The standard InChI is InChI=1S/C18H22ClNO/c1-13-6-3-4-7-14(13)11-18(2,12-17(20)21)15-8-5-9-16(19)10-15/h3-10,17,21H,11-12,20H2,1-2H3/t17-,18?/m1/s1. The second-order valence-electron chi connectivity index (χ2n) is 5.95. The van der Waals surface area contributed by atoms with Gasteiger partial charge in [0.15, 0.2) is 0 Å². The van der Waals surface area contributed by atoms with Gasteiger partial charge in [-0.1, -0.05) is 54.9 Å². The Balaban J connectivity index is 2.40. The number of halogens is 1. The summed E-state index contributed by atoms with van der Waals surface area (Å²) in [5, 5.41) is 10.4. The molecule has 0 bridgehead atoms. The molecule has 0 fully saturated rings. The van der Waals surface area contributed by atoms with Crippen molar-refractivity contribution in [1.82, 2.24) is 0 Å². The van der Waals surface area contributed by atoms with Crippen molar-refractivity contribution >= 4 is 11.6 Å². The first-order chi connectivity index (χ1) is 9.90. The Morgan fingerprint density at radius 3 is 2.52 bits per heavy atom. The molecule has 112 valence electrons. The minimum atomic E-state index is -0.849. The summed E-state index contributed by atoms with van der Waals surface area (Å²) in [6, 6.07) is 16.1. The highest BCUT2D eigenvalue weighted by Crippen LogP contribution is 2.34. The maximum absolute atomic E-state index is 9.71. The molecule has 0 aliphatic heterocycles. The van der Waals surface area contributed by atoms with Crippen molar-refractivity contribution in [3.05, 3.63) is 70.2 Å². The lowest BCUT2D eigenvalue weighted by Crippen LogP contribution is -2.34. The van der Waals surface area contributed by atoms with Crippen LogP contribution in [0.3, 0.4) is 0 Å². The predicted octanol–water partition coefficient (Wildman–Crippen LogP) is 3.82. The van der Waals surface area contributed by atoms with E-state index in [1.807, 2.05) is 36.4 Å². The average Bonchev–Trinajstić information content (AvgIpc) is 2.40. The zero-order chi connectivity index (χ0) is 15.5. The fourth-order valence-electron chi connectivity index (χ4n) is 2.85. The van der Waals surface area contributed by atoms with E-state index in [-0.39, 0.29) is 5.41 Å². The SMILES string of the molecule is Cc1ccccc1CC(C)(C[C@H](N)O)c1cccc(Cl)c1. The number of aliphatic hydroxyl groups is 1. The average molecular weight is 304 g/mol. The molecule has 2 nitrogen and oxygen atoms in total. The molecule has 2 rings (SSSR count). The minimum absolute atomic E-state index is 0.259. The molecule has 1 unspecified atom stereocenters. The van der Waals surface area contributed by atoms with E-state index in [4.69, 9.17) is 17.3 Å². The van der Waals surface area contributed by atoms with E-state index in [1.54, 1.807) is 0 Å². The van der Waals surface area contributed by atoms with Crippen LogP contribution in [0.25, 0.3) is 0 Å². The summed E-state index contributed by atoms with van der Waals surface area (Å²) in [5.74, 6) is 0. The highest BCUT2D eigenvalue weighted by atomic mass is 35.5. The second kappa shape index (κ2) is 6.61. The Labute approximate surface area is 131 Å². The summed E-state index contributed by atoms with van der Waals surface area (Å²) in [5.41, 5.74) is 9.02. The van der Waals surface area contributed by atoms with Crippen LogP contribution in [-0.2, 0) is 11.8 Å². The van der Waals surface area contributed by atoms with Gasteiger partial charge in [-0.25, -0.2) is 0 Å². The van der Waals surface area contributed by atoms with Gasteiger partial charge in [-0.2, -0.15) is 0 Å². The van der Waals surface area contributed by atoms with E-state index >= 15 is 0 Å². The molecule has 0 aliphatic carbocycles. The van der Waals surface area contributed by atoms with E-state index in [2.05, 4.69) is 26.0 Å². The first-order valence-electron chi connectivity index (χ1n) is 7.15. The highest BCUT2D eigenvalue weighted by molar-refractivity contribution is 6.30. The Kier molecular flexibility index (Phi) is 5.04. The quantitative estimate of drug-likeness (QED) is 0.825. The van der Waals surface area contributed by atoms with Crippen LogP contribution in [0.4, 0.5) is 0 Å². The molecule has 2 aromatic rings. The van der Waals surface area contributed by atoms with Crippen LogP contribution in [-0.4, -0.2) is 11.3 Å². The largest absolute Gasteiger partial charge is 0.379 e. The van der Waals surface area contributed by atoms with Gasteiger partial charge in [-0.05, 0) is 48.6 Å². The zero-order valence-electron chi connectivity index (χ0n) is 12.5. The molecule has 2 atom stereocenters. The molecular weight excluding hydrogens is 282 g/mol. The summed E-state index contributed by atoms with van der Waals surface area (Å²) < 4.78 is 0. The normalized spacial score (nSPS) is 15.5. The van der Waals surface area contributed by atoms with Gasteiger partial charge in [-0.15, -0.1) is 0 Å². The van der Waals surface area contributed by atoms with Crippen molar-refractivity contribution < 1.29 is 5.11 Å². The van der Waals surface area contributed by atoms with Gasteiger partial charge in [0, 0.05) is 10.4 Å². The van der Waals surface area contributed by atoms with Gasteiger partial charge >= 0.3 is 0 Å². The molecule has 3 heteroatoms. The smallest absolute Gasteiger partial charge is 0.103 e. The summed E-state index contributed by atoms with van der Waals surface area (Å²) in [6.07, 6.45) is 0.452. The summed E-state index contributed by atoms with van der Waals surface area (Å²) in [4.78, 5) is 0. The first kappa shape index (κ1) is 16.0. The molecule has 0 radical (unpaired) electrons. The monoisotopic (exact) mass is 303 g/mol. The van der Waals surface area contributed by atoms with E-state index in [1.165, 1.54) is 11.1 Å². The minimum Gasteiger partial charge on any atom is -0.379 e. The van der Waals surface area contributed by atoms with Crippen molar-refractivity contribution in [3.8, 4) is 0 Å². The zero-order valence-corrected chi connectivity index (χ0v) is 13.3. The van der Waals surface area contributed by atoms with Gasteiger partial charge in [0.1, 0.15) is 6.23 Å². The van der Waals surface area contributed by atoms with Gasteiger partial charge in [0.05, 0.1) is 0 Å². The van der Waals surface area contributed by atoms with Gasteiger partial charge < -0.3 is 10.8 Å². The van der Waals surface area contributed by atoms with Crippen LogP contribution in [0.2, 0.25) is 5.02 Å². The Morgan fingerprint density at radius 1 is 1.19 bits per heavy atom. The van der Waals surface area contributed by atoms with Crippen LogP contribution in [0.15, 0.2) is 48.5 Å². The topological polar surface area (TPSA) is 46.2 Å². The van der Waals surface area contributed by atoms with E-state index in [0.717, 1.165) is 12.0 Å². The van der Waals surface area contributed by atoms with Gasteiger partial charge in [-0.3, -0.25) is 0 Å². The van der Waals surface area contributed by atoms with Crippen LogP contribution in [0.1, 0.15) is 30.0 Å². The predicted molar refractivity (Wildman–Crippen MR) is 88.5 cm³/mol. The Morgan fingerprint density at radius 2 is 1.90 bits per heavy atom. The molecule has 0 amide bonds. The van der Waals surface area contributed by atoms with Crippen LogP contribution < -0.4 is 5.73 Å². The summed E-state index contributed by atoms with van der Waals surface area (Å²) in [6.45, 7) is 4.23. The van der Waals surface area contributed by atoms with Gasteiger partial charge in [0.25, 0.3) is 0 Å². The molecular formula is C18H22ClNO. The first-order valence-corrected chi connectivity index (χ1v) is 7.53. The number of benzene rings is 2. The number of aliphatic hydroxyl groups excluding tert-OH is 1. The molecule has 0 aliphatic rings. The number of nitrogens with two attached hydrogens (primary N) is 1. The van der Waals surface area contributed by atoms with Crippen LogP contribution in [0.5, 0.6) is 0 Å². The molecule has 0 spiro atoms. The van der Waals surface area contributed by atoms with Crippen LogP contribution >= 0.6 is 11.6 Å². The van der Waals surface area contributed by atoms with Crippen LogP contribution in [0, 0.1) is 6.92 Å². The van der Waals surface area contributed by atoms with E-state index in [0.29, 0.717) is 11.4 Å². The maximum atomic E-state index is 9.71. The van der Waals surface area contributed by atoms with Crippen molar-refractivity contribution in [3.63, 3.8) is 0 Å². The third kappa shape index (κ3) is 4.07. The second-order valence-corrected chi connectivity index (χ2v) is 6.38. The Hall–Kier alpha value is -1.35. The number of aryl methyl sites for hydroxylation is 1. The highest BCUT2D eigenvalue weighted by Gasteiger charge is 2.29. The van der Waals surface area contributed by atoms with E-state index < -0.39 is 6.23 Å². The fourth-order valence-corrected chi connectivity index (χ4v) is 3.04. The number of rotatable bonds is 5. The third-order valence-electron chi connectivity index (χ3n) is 4.02. The summed E-state index contributed by atoms with van der Waals surface area (Å²) >= 11 is 6.13. The summed E-state index contributed by atoms with van der Waals surface area (Å²) in [7, 11) is 0.